The number of nitrogen functional groups attached to an aromatic ring is 1. The smallest absolute Gasteiger partial charge is 0.223 e. The number of benzene rings is 1. The summed E-state index contributed by atoms with van der Waals surface area (Å²) in [5.74, 6) is 0.988. The van der Waals surface area contributed by atoms with Gasteiger partial charge in [0.25, 0.3) is 0 Å². The Kier molecular flexibility index (Phi) is 3.86. The molecule has 0 bridgehead atoms. The van der Waals surface area contributed by atoms with E-state index >= 15 is 0 Å². The maximum Gasteiger partial charge on any atom is 0.223 e. The van der Waals surface area contributed by atoms with Crippen LogP contribution in [0, 0.1) is 0 Å². The molecule has 3 aromatic rings. The molecule has 2 aromatic heterocycles. The third kappa shape index (κ3) is 3.07. The Morgan fingerprint density at radius 3 is 3.08 bits per heavy atom. The van der Waals surface area contributed by atoms with Gasteiger partial charge in [0.15, 0.2) is 0 Å². The Morgan fingerprint density at radius 2 is 2.21 bits per heavy atom. The predicted molar refractivity (Wildman–Crippen MR) is 96.4 cm³/mol. The number of fused-ring (bicyclic) bond motifs is 1. The normalized spacial score (nSPS) is 18.0. The van der Waals surface area contributed by atoms with Gasteiger partial charge in [-0.1, -0.05) is 11.6 Å². The van der Waals surface area contributed by atoms with Crippen LogP contribution in [0.5, 0.6) is 0 Å². The minimum Gasteiger partial charge on any atom is -0.381 e. The topological polar surface area (TPSA) is 95.8 Å². The lowest BCUT2D eigenvalue weighted by atomic mass is 10.1. The largest absolute Gasteiger partial charge is 0.381 e. The van der Waals surface area contributed by atoms with Gasteiger partial charge in [-0.25, -0.2) is 4.98 Å². The Balaban J connectivity index is 1.49. The lowest BCUT2D eigenvalue weighted by Gasteiger charge is -2.34. The van der Waals surface area contributed by atoms with Crippen LogP contribution in [0.15, 0.2) is 30.5 Å². The van der Waals surface area contributed by atoms with Crippen molar-refractivity contribution in [1.82, 2.24) is 20.2 Å². The number of piperidine rings is 1. The molecule has 0 spiro atoms. The average Bonchev–Trinajstić information content (AvgIpc) is 3.02. The molecule has 4 rings (SSSR count). The first-order valence-corrected chi connectivity index (χ1v) is 8.30. The highest BCUT2D eigenvalue weighted by atomic mass is 35.5. The van der Waals surface area contributed by atoms with Gasteiger partial charge in [-0.2, -0.15) is 10.1 Å². The molecule has 8 heteroatoms. The second-order valence-electron chi connectivity index (χ2n) is 6.01. The van der Waals surface area contributed by atoms with E-state index in [0.717, 1.165) is 48.3 Å². The molecule has 0 amide bonds. The molecule has 1 aliphatic heterocycles. The quantitative estimate of drug-likeness (QED) is 0.633. The van der Waals surface area contributed by atoms with E-state index in [1.807, 2.05) is 12.3 Å². The number of rotatable bonds is 3. The van der Waals surface area contributed by atoms with E-state index < -0.39 is 0 Å². The summed E-state index contributed by atoms with van der Waals surface area (Å²) in [5, 5.41) is 12.1. The highest BCUT2D eigenvalue weighted by Gasteiger charge is 2.21. The molecule has 1 atom stereocenters. The van der Waals surface area contributed by atoms with E-state index in [9.17, 15) is 0 Å². The van der Waals surface area contributed by atoms with E-state index in [1.165, 1.54) is 0 Å². The zero-order valence-corrected chi connectivity index (χ0v) is 13.8. The first-order chi connectivity index (χ1) is 11.7. The van der Waals surface area contributed by atoms with Gasteiger partial charge in [0.2, 0.25) is 5.95 Å². The number of aromatic nitrogens is 4. The number of hydrogen-bond donors (Lipinski definition) is 3. The average molecular weight is 344 g/mol. The third-order valence-corrected chi connectivity index (χ3v) is 4.45. The Hall–Kier alpha value is -2.54. The monoisotopic (exact) mass is 343 g/mol. The highest BCUT2D eigenvalue weighted by Crippen LogP contribution is 2.24. The van der Waals surface area contributed by atoms with Crippen molar-refractivity contribution in [2.24, 2.45) is 0 Å². The number of nitrogens with one attached hydrogen (secondary N) is 2. The molecule has 4 N–H and O–H groups in total. The Bertz CT molecular complexity index is 842. The zero-order valence-electron chi connectivity index (χ0n) is 13.0. The summed E-state index contributed by atoms with van der Waals surface area (Å²) in [6, 6.07) is 8.31. The van der Waals surface area contributed by atoms with Crippen molar-refractivity contribution in [3.05, 3.63) is 35.6 Å². The predicted octanol–water partition coefficient (Wildman–Crippen LogP) is 2.67. The van der Waals surface area contributed by atoms with Crippen LogP contribution >= 0.6 is 11.6 Å². The second kappa shape index (κ2) is 6.16. The van der Waals surface area contributed by atoms with Crippen molar-refractivity contribution >= 4 is 40.0 Å². The summed E-state index contributed by atoms with van der Waals surface area (Å²) in [6.45, 7) is 1.78. The first-order valence-electron chi connectivity index (χ1n) is 7.92. The number of anilines is 3. The van der Waals surface area contributed by atoms with Crippen LogP contribution < -0.4 is 16.0 Å². The van der Waals surface area contributed by atoms with Crippen molar-refractivity contribution in [3.8, 4) is 0 Å². The number of aromatic amines is 1. The van der Waals surface area contributed by atoms with Crippen molar-refractivity contribution in [3.63, 3.8) is 0 Å². The van der Waals surface area contributed by atoms with Crippen LogP contribution in [0.25, 0.3) is 10.9 Å². The van der Waals surface area contributed by atoms with Gasteiger partial charge in [-0.05, 0) is 31.0 Å². The van der Waals surface area contributed by atoms with Gasteiger partial charge < -0.3 is 16.0 Å². The summed E-state index contributed by atoms with van der Waals surface area (Å²) in [5.41, 5.74) is 7.84. The molecule has 124 valence electrons. The van der Waals surface area contributed by atoms with Crippen molar-refractivity contribution < 1.29 is 0 Å². The molecular formula is C16H18ClN7. The fourth-order valence-electron chi connectivity index (χ4n) is 3.16. The van der Waals surface area contributed by atoms with Crippen molar-refractivity contribution in [1.29, 1.82) is 0 Å². The number of nitrogens with zero attached hydrogens (tertiary/aromatic N) is 4. The molecule has 1 unspecified atom stereocenters. The molecule has 1 saturated heterocycles. The zero-order chi connectivity index (χ0) is 16.5. The molecule has 3 heterocycles. The summed E-state index contributed by atoms with van der Waals surface area (Å²) < 4.78 is 0. The second-order valence-corrected chi connectivity index (χ2v) is 6.40. The fourth-order valence-corrected chi connectivity index (χ4v) is 3.34. The number of halogens is 1. The SMILES string of the molecule is Nc1nc(Cl)cc(N2CCCC(Nc3ccc4[nH]ncc4c3)C2)n1. The third-order valence-electron chi connectivity index (χ3n) is 4.26. The van der Waals surface area contributed by atoms with E-state index in [0.29, 0.717) is 11.2 Å². The molecular weight excluding hydrogens is 326 g/mol. The van der Waals surface area contributed by atoms with Gasteiger partial charge in [-0.3, -0.25) is 5.10 Å². The maximum absolute atomic E-state index is 6.00. The van der Waals surface area contributed by atoms with Gasteiger partial charge in [0.05, 0.1) is 11.7 Å². The molecule has 7 nitrogen and oxygen atoms in total. The summed E-state index contributed by atoms with van der Waals surface area (Å²) in [7, 11) is 0. The van der Waals surface area contributed by atoms with Gasteiger partial charge in [0.1, 0.15) is 11.0 Å². The molecule has 0 radical (unpaired) electrons. The molecule has 1 fully saturated rings. The summed E-state index contributed by atoms with van der Waals surface area (Å²) in [6.07, 6.45) is 4.01. The lowest BCUT2D eigenvalue weighted by Crippen LogP contribution is -2.42. The van der Waals surface area contributed by atoms with E-state index in [4.69, 9.17) is 17.3 Å². The number of nitrogens with two attached hydrogens (primary N) is 1. The van der Waals surface area contributed by atoms with Crippen LogP contribution in [0.3, 0.4) is 0 Å². The van der Waals surface area contributed by atoms with E-state index in [-0.39, 0.29) is 5.95 Å². The summed E-state index contributed by atoms with van der Waals surface area (Å²) >= 11 is 6.00. The standard InChI is InChI=1S/C16H18ClN7/c17-14-7-15(22-16(18)21-14)24-5-1-2-12(9-24)20-11-3-4-13-10(6-11)8-19-23-13/h3-4,6-8,12,20H,1-2,5,9H2,(H,19,23)(H2,18,21,22). The van der Waals surface area contributed by atoms with E-state index in [2.05, 4.69) is 42.5 Å². The minimum atomic E-state index is 0.206. The van der Waals surface area contributed by atoms with Gasteiger partial charge in [0, 0.05) is 36.3 Å². The van der Waals surface area contributed by atoms with Crippen LogP contribution in [0.1, 0.15) is 12.8 Å². The van der Waals surface area contributed by atoms with Crippen LogP contribution in [0.4, 0.5) is 17.5 Å². The van der Waals surface area contributed by atoms with Crippen LogP contribution in [0.2, 0.25) is 5.15 Å². The first kappa shape index (κ1) is 15.0. The molecule has 0 saturated carbocycles. The van der Waals surface area contributed by atoms with Gasteiger partial charge in [-0.15, -0.1) is 0 Å². The summed E-state index contributed by atoms with van der Waals surface area (Å²) in [4.78, 5) is 10.4. The molecule has 24 heavy (non-hydrogen) atoms. The van der Waals surface area contributed by atoms with Crippen molar-refractivity contribution in [2.45, 2.75) is 18.9 Å². The van der Waals surface area contributed by atoms with Crippen LogP contribution in [-0.2, 0) is 0 Å². The Labute approximate surface area is 144 Å². The van der Waals surface area contributed by atoms with E-state index in [1.54, 1.807) is 6.07 Å². The minimum absolute atomic E-state index is 0.206. The van der Waals surface area contributed by atoms with Gasteiger partial charge >= 0.3 is 0 Å². The number of hydrogen-bond acceptors (Lipinski definition) is 6. The Morgan fingerprint density at radius 1 is 1.29 bits per heavy atom. The number of H-pyrrole nitrogens is 1. The van der Waals surface area contributed by atoms with Crippen LogP contribution in [-0.4, -0.2) is 39.3 Å². The molecule has 1 aliphatic rings. The van der Waals surface area contributed by atoms with Crippen molar-refractivity contribution in [2.75, 3.05) is 29.0 Å². The molecule has 0 aliphatic carbocycles. The fraction of sp³-hybridized carbons (Fsp3) is 0.312. The lowest BCUT2D eigenvalue weighted by molar-refractivity contribution is 0.527. The molecule has 1 aromatic carbocycles. The maximum atomic E-state index is 6.00. The highest BCUT2D eigenvalue weighted by molar-refractivity contribution is 6.29.